The summed E-state index contributed by atoms with van der Waals surface area (Å²) in [4.78, 5) is 0. The van der Waals surface area contributed by atoms with E-state index in [-0.39, 0.29) is 30.9 Å². The maximum absolute atomic E-state index is 5.74. The standard InChI is InChI=1S/C13H17N3O.2ClH/c1-9(7-14)16-13-10(8-15-16)4-5-12-11(13)3-2-6-17-12;;/h4-5,8-9H,2-3,6-7,14H2,1H3;2*1H/t9-;;/m0../s1. The third kappa shape index (κ3) is 2.66. The molecule has 0 bridgehead atoms. The highest BCUT2D eigenvalue weighted by Gasteiger charge is 2.18. The first-order valence-corrected chi connectivity index (χ1v) is 6.13. The Bertz CT molecular complexity index is 556. The highest BCUT2D eigenvalue weighted by Crippen LogP contribution is 2.32. The fourth-order valence-corrected chi connectivity index (χ4v) is 2.43. The molecule has 0 saturated carbocycles. The Balaban J connectivity index is 0.000000902. The van der Waals surface area contributed by atoms with E-state index in [1.165, 1.54) is 16.5 Å². The van der Waals surface area contributed by atoms with Gasteiger partial charge in [-0.2, -0.15) is 5.10 Å². The molecule has 19 heavy (non-hydrogen) atoms. The summed E-state index contributed by atoms with van der Waals surface area (Å²) in [6, 6.07) is 4.35. The van der Waals surface area contributed by atoms with Crippen LogP contribution in [0, 0.1) is 0 Å². The highest BCUT2D eigenvalue weighted by molar-refractivity contribution is 5.86. The van der Waals surface area contributed by atoms with Crippen molar-refractivity contribution in [2.45, 2.75) is 25.8 Å². The van der Waals surface area contributed by atoms with Crippen LogP contribution >= 0.6 is 24.8 Å². The Morgan fingerprint density at radius 1 is 1.42 bits per heavy atom. The van der Waals surface area contributed by atoms with Gasteiger partial charge in [0.2, 0.25) is 0 Å². The number of halogens is 2. The van der Waals surface area contributed by atoms with Crippen molar-refractivity contribution in [1.82, 2.24) is 9.78 Å². The second-order valence-electron chi connectivity index (χ2n) is 4.61. The van der Waals surface area contributed by atoms with Gasteiger partial charge in [-0.05, 0) is 31.9 Å². The summed E-state index contributed by atoms with van der Waals surface area (Å²) in [5.74, 6) is 1.01. The maximum atomic E-state index is 5.74. The lowest BCUT2D eigenvalue weighted by molar-refractivity contribution is 0.289. The molecule has 0 radical (unpaired) electrons. The average molecular weight is 304 g/mol. The second-order valence-corrected chi connectivity index (χ2v) is 4.61. The van der Waals surface area contributed by atoms with Crippen LogP contribution in [0.2, 0.25) is 0 Å². The maximum Gasteiger partial charge on any atom is 0.124 e. The molecule has 6 heteroatoms. The Hall–Kier alpha value is -0.970. The van der Waals surface area contributed by atoms with E-state index in [1.54, 1.807) is 0 Å². The number of nitrogens with two attached hydrogens (primary N) is 1. The Morgan fingerprint density at radius 3 is 2.95 bits per heavy atom. The van der Waals surface area contributed by atoms with Crippen molar-refractivity contribution in [2.75, 3.05) is 13.2 Å². The van der Waals surface area contributed by atoms with E-state index in [9.17, 15) is 0 Å². The van der Waals surface area contributed by atoms with Crippen LogP contribution in [0.3, 0.4) is 0 Å². The smallest absolute Gasteiger partial charge is 0.124 e. The zero-order valence-corrected chi connectivity index (χ0v) is 12.5. The van der Waals surface area contributed by atoms with Gasteiger partial charge >= 0.3 is 0 Å². The van der Waals surface area contributed by atoms with E-state index in [0.717, 1.165) is 25.2 Å². The normalized spacial score (nSPS) is 14.8. The van der Waals surface area contributed by atoms with E-state index in [2.05, 4.69) is 24.2 Å². The summed E-state index contributed by atoms with van der Waals surface area (Å²) in [5.41, 5.74) is 8.22. The first kappa shape index (κ1) is 16.1. The van der Waals surface area contributed by atoms with Crippen LogP contribution in [0.25, 0.3) is 10.9 Å². The third-order valence-electron chi connectivity index (χ3n) is 3.41. The molecule has 2 aromatic rings. The fraction of sp³-hybridized carbons (Fsp3) is 0.462. The Kier molecular flexibility index (Phi) is 5.47. The fourth-order valence-electron chi connectivity index (χ4n) is 2.43. The molecular weight excluding hydrogens is 285 g/mol. The van der Waals surface area contributed by atoms with E-state index < -0.39 is 0 Å². The summed E-state index contributed by atoms with van der Waals surface area (Å²) in [6.07, 6.45) is 4.06. The van der Waals surface area contributed by atoms with E-state index in [0.29, 0.717) is 6.54 Å². The number of ether oxygens (including phenoxy) is 1. The van der Waals surface area contributed by atoms with Crippen molar-refractivity contribution in [3.8, 4) is 5.75 Å². The molecule has 1 aliphatic rings. The van der Waals surface area contributed by atoms with Crippen LogP contribution in [-0.4, -0.2) is 22.9 Å². The number of hydrogen-bond donors (Lipinski definition) is 1. The number of aryl methyl sites for hydroxylation is 1. The Labute approximate surface area is 125 Å². The van der Waals surface area contributed by atoms with Crippen LogP contribution in [0.15, 0.2) is 18.3 Å². The summed E-state index contributed by atoms with van der Waals surface area (Å²) >= 11 is 0. The molecular formula is C13H19Cl2N3O. The largest absolute Gasteiger partial charge is 0.493 e. The molecule has 1 aliphatic heterocycles. The van der Waals surface area contributed by atoms with Gasteiger partial charge in [0.05, 0.1) is 24.4 Å². The van der Waals surface area contributed by atoms with Gasteiger partial charge in [0.15, 0.2) is 0 Å². The van der Waals surface area contributed by atoms with Gasteiger partial charge in [0.1, 0.15) is 5.75 Å². The van der Waals surface area contributed by atoms with Crippen LogP contribution in [0.4, 0.5) is 0 Å². The molecule has 2 N–H and O–H groups in total. The van der Waals surface area contributed by atoms with Crippen molar-refractivity contribution in [2.24, 2.45) is 5.73 Å². The van der Waals surface area contributed by atoms with Gasteiger partial charge in [-0.1, -0.05) is 0 Å². The molecule has 0 unspecified atom stereocenters. The quantitative estimate of drug-likeness (QED) is 0.928. The molecule has 0 fully saturated rings. The number of hydrogen-bond acceptors (Lipinski definition) is 3. The van der Waals surface area contributed by atoms with Gasteiger partial charge in [0, 0.05) is 17.5 Å². The summed E-state index contributed by atoms with van der Waals surface area (Å²) in [6.45, 7) is 3.51. The molecule has 1 atom stereocenters. The SMILES string of the molecule is C[C@@H](CN)n1ncc2ccc3c(c21)CCCO3.Cl.Cl. The topological polar surface area (TPSA) is 53.1 Å². The molecule has 4 nitrogen and oxygen atoms in total. The highest BCUT2D eigenvalue weighted by atomic mass is 35.5. The number of benzene rings is 1. The molecule has 1 aromatic carbocycles. The van der Waals surface area contributed by atoms with Crippen LogP contribution < -0.4 is 10.5 Å². The van der Waals surface area contributed by atoms with Crippen molar-refractivity contribution < 1.29 is 4.74 Å². The van der Waals surface area contributed by atoms with Crippen LogP contribution in [-0.2, 0) is 6.42 Å². The van der Waals surface area contributed by atoms with Crippen LogP contribution in [0.5, 0.6) is 5.75 Å². The van der Waals surface area contributed by atoms with Crippen molar-refractivity contribution >= 4 is 35.7 Å². The lowest BCUT2D eigenvalue weighted by Gasteiger charge is -2.20. The molecule has 1 aromatic heterocycles. The first-order chi connectivity index (χ1) is 8.31. The third-order valence-corrected chi connectivity index (χ3v) is 3.41. The molecule has 106 valence electrons. The van der Waals surface area contributed by atoms with Gasteiger partial charge in [-0.15, -0.1) is 24.8 Å². The zero-order chi connectivity index (χ0) is 11.8. The predicted octanol–water partition coefficient (Wildman–Crippen LogP) is 2.72. The zero-order valence-electron chi connectivity index (χ0n) is 10.8. The molecule has 0 saturated heterocycles. The second kappa shape index (κ2) is 6.46. The van der Waals surface area contributed by atoms with Crippen molar-refractivity contribution in [3.05, 3.63) is 23.9 Å². The van der Waals surface area contributed by atoms with E-state index >= 15 is 0 Å². The number of nitrogens with zero attached hydrogens (tertiary/aromatic N) is 2. The van der Waals surface area contributed by atoms with E-state index in [4.69, 9.17) is 10.5 Å². The summed E-state index contributed by atoms with van der Waals surface area (Å²) in [5, 5.41) is 5.63. The van der Waals surface area contributed by atoms with Crippen molar-refractivity contribution in [1.29, 1.82) is 0 Å². The average Bonchev–Trinajstić information content (AvgIpc) is 2.82. The van der Waals surface area contributed by atoms with Gasteiger partial charge < -0.3 is 10.5 Å². The minimum atomic E-state index is 0. The summed E-state index contributed by atoms with van der Waals surface area (Å²) in [7, 11) is 0. The summed E-state index contributed by atoms with van der Waals surface area (Å²) < 4.78 is 7.73. The predicted molar refractivity (Wildman–Crippen MR) is 81.8 cm³/mol. The first-order valence-electron chi connectivity index (χ1n) is 6.13. The molecule has 0 aliphatic carbocycles. The number of rotatable bonds is 2. The lowest BCUT2D eigenvalue weighted by atomic mass is 10.0. The molecule has 0 spiro atoms. The van der Waals surface area contributed by atoms with Gasteiger partial charge in [0.25, 0.3) is 0 Å². The van der Waals surface area contributed by atoms with E-state index in [1.807, 2.05) is 10.9 Å². The minimum absolute atomic E-state index is 0. The van der Waals surface area contributed by atoms with Crippen molar-refractivity contribution in [3.63, 3.8) is 0 Å². The van der Waals surface area contributed by atoms with Crippen LogP contribution in [0.1, 0.15) is 24.9 Å². The minimum Gasteiger partial charge on any atom is -0.493 e. The molecule has 3 rings (SSSR count). The molecule has 2 heterocycles. The van der Waals surface area contributed by atoms with Gasteiger partial charge in [-0.25, -0.2) is 0 Å². The number of fused-ring (bicyclic) bond motifs is 3. The lowest BCUT2D eigenvalue weighted by Crippen LogP contribution is -2.18. The monoisotopic (exact) mass is 303 g/mol. The van der Waals surface area contributed by atoms with Gasteiger partial charge in [-0.3, -0.25) is 4.68 Å². The number of aromatic nitrogens is 2. The Morgan fingerprint density at radius 2 is 2.21 bits per heavy atom. The molecule has 0 amide bonds.